The topological polar surface area (TPSA) is 54.0 Å². The third kappa shape index (κ3) is 5.19. The molecular weight excluding hydrogens is 402 g/mol. The molecule has 4 rings (SSSR count). The molecule has 156 valence electrons. The Morgan fingerprint density at radius 1 is 0.935 bits per heavy atom. The van der Waals surface area contributed by atoms with Gasteiger partial charge in [-0.05, 0) is 41.3 Å². The Hall–Kier alpha value is -3.44. The third-order valence-electron chi connectivity index (χ3n) is 4.99. The average Bonchev–Trinajstić information content (AvgIpc) is 3.29. The number of aromatic nitrogens is 1. The number of nitrogens with one attached hydrogen (secondary N) is 2. The van der Waals surface area contributed by atoms with Crippen LogP contribution < -0.4 is 10.6 Å². The number of carbonyl (C=O) groups excluding carboxylic acids is 1. The molecule has 1 heterocycles. The molecule has 0 bridgehead atoms. The summed E-state index contributed by atoms with van der Waals surface area (Å²) in [5, 5.41) is 7.02. The first-order chi connectivity index (χ1) is 15.2. The fraction of sp³-hybridized carbons (Fsp3) is 0.154. The van der Waals surface area contributed by atoms with Gasteiger partial charge < -0.3 is 5.32 Å². The number of benzene rings is 3. The summed E-state index contributed by atoms with van der Waals surface area (Å²) in [6.07, 6.45) is 4.04. The maximum atomic E-state index is 13.2. The van der Waals surface area contributed by atoms with Crippen LogP contribution in [0.3, 0.4) is 0 Å². The van der Waals surface area contributed by atoms with Gasteiger partial charge in [0.15, 0.2) is 5.13 Å². The molecule has 31 heavy (non-hydrogen) atoms. The number of amides is 1. The number of anilines is 2. The SMILES string of the molecule is CCCCNc1ccc(C(=O)Nc2ncc(-c3ccccc3)s2)c(-c2ccccc2)c1. The van der Waals surface area contributed by atoms with E-state index in [1.165, 1.54) is 11.3 Å². The van der Waals surface area contributed by atoms with E-state index in [9.17, 15) is 4.79 Å². The van der Waals surface area contributed by atoms with Crippen molar-refractivity contribution in [1.29, 1.82) is 0 Å². The van der Waals surface area contributed by atoms with Crippen molar-refractivity contribution in [2.75, 3.05) is 17.2 Å². The summed E-state index contributed by atoms with van der Waals surface area (Å²) in [5.74, 6) is -0.159. The van der Waals surface area contributed by atoms with E-state index >= 15 is 0 Å². The van der Waals surface area contributed by atoms with Crippen LogP contribution in [0.15, 0.2) is 85.1 Å². The van der Waals surface area contributed by atoms with Gasteiger partial charge in [-0.25, -0.2) is 4.98 Å². The van der Waals surface area contributed by atoms with Crippen LogP contribution in [0, 0.1) is 0 Å². The number of carbonyl (C=O) groups is 1. The molecule has 1 amide bonds. The molecule has 0 aliphatic heterocycles. The number of hydrogen-bond donors (Lipinski definition) is 2. The molecular formula is C26H25N3OS. The molecule has 2 N–H and O–H groups in total. The zero-order valence-corrected chi connectivity index (χ0v) is 18.3. The van der Waals surface area contributed by atoms with E-state index in [0.29, 0.717) is 10.7 Å². The predicted octanol–water partition coefficient (Wildman–Crippen LogP) is 6.94. The molecule has 5 heteroatoms. The number of unbranched alkanes of at least 4 members (excludes halogenated alkanes) is 1. The molecule has 0 fully saturated rings. The van der Waals surface area contributed by atoms with Gasteiger partial charge >= 0.3 is 0 Å². The van der Waals surface area contributed by atoms with E-state index in [0.717, 1.165) is 46.6 Å². The fourth-order valence-electron chi connectivity index (χ4n) is 3.35. The van der Waals surface area contributed by atoms with E-state index in [2.05, 4.69) is 28.6 Å². The van der Waals surface area contributed by atoms with Crippen molar-refractivity contribution < 1.29 is 4.79 Å². The van der Waals surface area contributed by atoms with Gasteiger partial charge in [0.05, 0.1) is 4.88 Å². The summed E-state index contributed by atoms with van der Waals surface area (Å²) in [7, 11) is 0. The highest BCUT2D eigenvalue weighted by molar-refractivity contribution is 7.19. The van der Waals surface area contributed by atoms with Crippen molar-refractivity contribution in [3.05, 3.63) is 90.6 Å². The lowest BCUT2D eigenvalue weighted by Crippen LogP contribution is -2.13. The average molecular weight is 428 g/mol. The van der Waals surface area contributed by atoms with Crippen LogP contribution in [-0.4, -0.2) is 17.4 Å². The summed E-state index contributed by atoms with van der Waals surface area (Å²) in [5.41, 5.74) is 4.65. The van der Waals surface area contributed by atoms with Gasteiger partial charge in [0.1, 0.15) is 0 Å². The van der Waals surface area contributed by atoms with Crippen LogP contribution in [0.2, 0.25) is 0 Å². The quantitative estimate of drug-likeness (QED) is 0.299. The summed E-state index contributed by atoms with van der Waals surface area (Å²) in [6.45, 7) is 3.09. The first-order valence-corrected chi connectivity index (χ1v) is 11.3. The van der Waals surface area contributed by atoms with Crippen molar-refractivity contribution >= 4 is 28.1 Å². The summed E-state index contributed by atoms with van der Waals surface area (Å²) in [4.78, 5) is 18.6. The zero-order chi connectivity index (χ0) is 21.5. The monoisotopic (exact) mass is 427 g/mol. The standard InChI is InChI=1S/C26H25N3OS/c1-2-3-16-27-21-14-15-22(23(17-21)19-10-6-4-7-11-19)25(30)29-26-28-18-24(31-26)20-12-8-5-9-13-20/h4-15,17-18,27H,2-3,16H2,1H3,(H,28,29,30). The summed E-state index contributed by atoms with van der Waals surface area (Å²) < 4.78 is 0. The number of rotatable bonds is 8. The maximum Gasteiger partial charge on any atom is 0.258 e. The minimum atomic E-state index is -0.159. The Labute approximate surface area is 187 Å². The maximum absolute atomic E-state index is 13.2. The number of nitrogens with zero attached hydrogens (tertiary/aromatic N) is 1. The highest BCUT2D eigenvalue weighted by atomic mass is 32.1. The van der Waals surface area contributed by atoms with Crippen LogP contribution in [0.1, 0.15) is 30.1 Å². The lowest BCUT2D eigenvalue weighted by Gasteiger charge is -2.13. The minimum Gasteiger partial charge on any atom is -0.385 e. The molecule has 0 atom stereocenters. The van der Waals surface area contributed by atoms with Gasteiger partial charge in [0.2, 0.25) is 0 Å². The van der Waals surface area contributed by atoms with E-state index in [1.807, 2.05) is 72.8 Å². The third-order valence-corrected chi connectivity index (χ3v) is 5.95. The lowest BCUT2D eigenvalue weighted by molar-refractivity contribution is 0.102. The molecule has 0 saturated carbocycles. The predicted molar refractivity (Wildman–Crippen MR) is 131 cm³/mol. The van der Waals surface area contributed by atoms with Crippen molar-refractivity contribution in [3.63, 3.8) is 0 Å². The van der Waals surface area contributed by atoms with Gasteiger partial charge in [-0.1, -0.05) is 85.3 Å². The normalized spacial score (nSPS) is 10.6. The molecule has 4 aromatic rings. The van der Waals surface area contributed by atoms with Gasteiger partial charge in [-0.2, -0.15) is 0 Å². The second-order valence-corrected chi connectivity index (χ2v) is 8.29. The Balaban J connectivity index is 1.59. The molecule has 0 unspecified atom stereocenters. The van der Waals surface area contributed by atoms with Crippen LogP contribution in [0.25, 0.3) is 21.6 Å². The van der Waals surface area contributed by atoms with Gasteiger partial charge in [-0.3, -0.25) is 10.1 Å². The van der Waals surface area contributed by atoms with Crippen LogP contribution in [0.4, 0.5) is 10.8 Å². The van der Waals surface area contributed by atoms with Gasteiger partial charge in [-0.15, -0.1) is 0 Å². The van der Waals surface area contributed by atoms with Crippen LogP contribution in [-0.2, 0) is 0 Å². The second kappa shape index (κ2) is 10.0. The minimum absolute atomic E-state index is 0.159. The molecule has 0 aliphatic rings. The molecule has 3 aromatic carbocycles. The van der Waals surface area contributed by atoms with E-state index in [-0.39, 0.29) is 5.91 Å². The Kier molecular flexibility index (Phi) is 6.75. The van der Waals surface area contributed by atoms with Crippen molar-refractivity contribution in [2.45, 2.75) is 19.8 Å². The highest BCUT2D eigenvalue weighted by Crippen LogP contribution is 2.31. The van der Waals surface area contributed by atoms with Crippen LogP contribution >= 0.6 is 11.3 Å². The molecule has 0 aliphatic carbocycles. The molecule has 0 saturated heterocycles. The molecule has 0 spiro atoms. The van der Waals surface area contributed by atoms with E-state index < -0.39 is 0 Å². The molecule has 0 radical (unpaired) electrons. The Morgan fingerprint density at radius 2 is 1.65 bits per heavy atom. The largest absolute Gasteiger partial charge is 0.385 e. The summed E-state index contributed by atoms with van der Waals surface area (Å²) in [6, 6.07) is 26.0. The lowest BCUT2D eigenvalue weighted by atomic mass is 9.98. The summed E-state index contributed by atoms with van der Waals surface area (Å²) >= 11 is 1.47. The van der Waals surface area contributed by atoms with Gasteiger partial charge in [0.25, 0.3) is 5.91 Å². The molecule has 4 nitrogen and oxygen atoms in total. The van der Waals surface area contributed by atoms with Crippen molar-refractivity contribution in [3.8, 4) is 21.6 Å². The van der Waals surface area contributed by atoms with Crippen molar-refractivity contribution in [2.24, 2.45) is 0 Å². The highest BCUT2D eigenvalue weighted by Gasteiger charge is 2.16. The fourth-order valence-corrected chi connectivity index (χ4v) is 4.17. The van der Waals surface area contributed by atoms with Crippen molar-refractivity contribution in [1.82, 2.24) is 4.98 Å². The smallest absolute Gasteiger partial charge is 0.258 e. The first-order valence-electron chi connectivity index (χ1n) is 10.5. The zero-order valence-electron chi connectivity index (χ0n) is 17.5. The Morgan fingerprint density at radius 3 is 2.35 bits per heavy atom. The van der Waals surface area contributed by atoms with E-state index in [1.54, 1.807) is 6.20 Å². The van der Waals surface area contributed by atoms with Crippen LogP contribution in [0.5, 0.6) is 0 Å². The number of thiazole rings is 1. The van der Waals surface area contributed by atoms with Gasteiger partial charge in [0, 0.05) is 24.0 Å². The number of hydrogen-bond acceptors (Lipinski definition) is 4. The second-order valence-electron chi connectivity index (χ2n) is 7.26. The molecule has 1 aromatic heterocycles. The first kappa shape index (κ1) is 20.8. The Bertz CT molecular complexity index is 1140. The van der Waals surface area contributed by atoms with E-state index in [4.69, 9.17) is 0 Å².